The lowest BCUT2D eigenvalue weighted by Gasteiger charge is -2.14. The molecule has 0 saturated carbocycles. The molecule has 0 atom stereocenters. The molecule has 3 heteroatoms. The molecule has 3 nitrogen and oxygen atoms in total. The van der Waals surface area contributed by atoms with Crippen LogP contribution >= 0.6 is 0 Å². The van der Waals surface area contributed by atoms with E-state index in [9.17, 15) is 4.79 Å². The third kappa shape index (κ3) is 4.23. The molecule has 0 spiro atoms. The summed E-state index contributed by atoms with van der Waals surface area (Å²) in [6, 6.07) is 61.4. The smallest absolute Gasteiger partial charge is 0.263 e. The molecule has 11 aromatic rings. The number of nitrogens with zero attached hydrogens (tertiary/aromatic N) is 1. The Morgan fingerprint density at radius 2 is 0.731 bits per heavy atom. The maximum Gasteiger partial charge on any atom is 0.263 e. The minimum absolute atomic E-state index is 0.0166. The second kappa shape index (κ2) is 11.0. The number of para-hydroxylation sites is 1. The van der Waals surface area contributed by atoms with Gasteiger partial charge >= 0.3 is 0 Å². The third-order valence-corrected chi connectivity index (χ3v) is 10.8. The zero-order chi connectivity index (χ0) is 34.3. The van der Waals surface area contributed by atoms with Gasteiger partial charge in [-0.25, -0.2) is 0 Å². The van der Waals surface area contributed by atoms with Crippen molar-refractivity contribution in [2.24, 2.45) is 0 Å². The number of pyridine rings is 1. The fourth-order valence-electron chi connectivity index (χ4n) is 8.32. The molecule has 0 aliphatic carbocycles. The largest absolute Gasteiger partial charge is 0.456 e. The van der Waals surface area contributed by atoms with Crippen LogP contribution in [0, 0.1) is 0 Å². The van der Waals surface area contributed by atoms with E-state index in [-0.39, 0.29) is 5.56 Å². The van der Waals surface area contributed by atoms with Gasteiger partial charge in [-0.2, -0.15) is 0 Å². The van der Waals surface area contributed by atoms with Gasteiger partial charge in [0.15, 0.2) is 0 Å². The Hall–Kier alpha value is -6.97. The molecule has 9 aromatic carbocycles. The zero-order valence-corrected chi connectivity index (χ0v) is 28.0. The van der Waals surface area contributed by atoms with Crippen molar-refractivity contribution in [3.8, 4) is 27.9 Å². The predicted octanol–water partition coefficient (Wildman–Crippen LogP) is 12.8. The van der Waals surface area contributed by atoms with Gasteiger partial charge in [0, 0.05) is 27.2 Å². The van der Waals surface area contributed by atoms with E-state index in [2.05, 4.69) is 121 Å². The Bertz CT molecular complexity index is 3280. The third-order valence-electron chi connectivity index (χ3n) is 10.8. The van der Waals surface area contributed by atoms with Crippen LogP contribution in [0.2, 0.25) is 0 Å². The van der Waals surface area contributed by atoms with Gasteiger partial charge in [0.2, 0.25) is 0 Å². The molecule has 0 bridgehead atoms. The standard InChI is InChI=1S/C49H29NO2/c51-49-41-17-9-8-16-39(41)43-27-31(19-23-46(43)50(49)34-10-2-1-3-11-34)33-21-25-48-45(29-33)44-28-32(20-24-47(44)52-48)30-18-22-40-37-14-5-4-12-35(37)36-13-6-7-15-38(36)42(40)26-30/h1-29H. The Balaban J connectivity index is 1.08. The SMILES string of the molecule is O=c1c2ccccc2c2cc(-c3ccc4oc5ccc(-c6ccc7c8ccccc8c8ccccc8c7c6)cc5c4c3)ccc2n1-c1ccccc1. The number of rotatable bonds is 3. The number of benzene rings is 9. The van der Waals surface area contributed by atoms with Crippen molar-refractivity contribution >= 4 is 75.9 Å². The summed E-state index contributed by atoms with van der Waals surface area (Å²) in [5, 5.41) is 12.5. The van der Waals surface area contributed by atoms with Gasteiger partial charge < -0.3 is 4.42 Å². The van der Waals surface area contributed by atoms with Crippen molar-refractivity contribution in [2.45, 2.75) is 0 Å². The summed E-state index contributed by atoms with van der Waals surface area (Å²) in [6.45, 7) is 0. The molecule has 242 valence electrons. The molecule has 11 rings (SSSR count). The van der Waals surface area contributed by atoms with Crippen LogP contribution in [0.15, 0.2) is 185 Å². The van der Waals surface area contributed by atoms with E-state index < -0.39 is 0 Å². The fourth-order valence-corrected chi connectivity index (χ4v) is 8.32. The summed E-state index contributed by atoms with van der Waals surface area (Å²) in [6.07, 6.45) is 0. The topological polar surface area (TPSA) is 35.1 Å². The van der Waals surface area contributed by atoms with Crippen LogP contribution in [0.4, 0.5) is 0 Å². The number of aromatic nitrogens is 1. The normalized spacial score (nSPS) is 11.9. The van der Waals surface area contributed by atoms with E-state index in [1.807, 2.05) is 59.2 Å². The van der Waals surface area contributed by atoms with E-state index in [1.165, 1.54) is 37.9 Å². The minimum atomic E-state index is -0.0166. The second-order valence-corrected chi connectivity index (χ2v) is 13.6. The summed E-state index contributed by atoms with van der Waals surface area (Å²) >= 11 is 0. The van der Waals surface area contributed by atoms with E-state index in [0.717, 1.165) is 60.6 Å². The van der Waals surface area contributed by atoms with Gasteiger partial charge in [-0.1, -0.05) is 115 Å². The van der Waals surface area contributed by atoms with E-state index in [0.29, 0.717) is 5.39 Å². The quantitative estimate of drug-likeness (QED) is 0.176. The molecule has 0 amide bonds. The Morgan fingerprint density at radius 1 is 0.327 bits per heavy atom. The molecular weight excluding hydrogens is 635 g/mol. The maximum atomic E-state index is 13.8. The van der Waals surface area contributed by atoms with Crippen LogP contribution < -0.4 is 5.56 Å². The van der Waals surface area contributed by atoms with Crippen LogP contribution in [0.1, 0.15) is 0 Å². The lowest BCUT2D eigenvalue weighted by Crippen LogP contribution is -2.19. The highest BCUT2D eigenvalue weighted by molar-refractivity contribution is 6.25. The zero-order valence-electron chi connectivity index (χ0n) is 28.0. The van der Waals surface area contributed by atoms with E-state index >= 15 is 0 Å². The van der Waals surface area contributed by atoms with Crippen molar-refractivity contribution in [2.75, 3.05) is 0 Å². The van der Waals surface area contributed by atoms with Crippen molar-refractivity contribution in [3.63, 3.8) is 0 Å². The molecule has 2 aromatic heterocycles. The summed E-state index contributed by atoms with van der Waals surface area (Å²) in [7, 11) is 0. The van der Waals surface area contributed by atoms with Gasteiger partial charge in [0.25, 0.3) is 5.56 Å². The van der Waals surface area contributed by atoms with Crippen molar-refractivity contribution in [3.05, 3.63) is 186 Å². The van der Waals surface area contributed by atoms with Crippen LogP contribution in [0.5, 0.6) is 0 Å². The van der Waals surface area contributed by atoms with Crippen LogP contribution in [0.25, 0.3) is 104 Å². The molecule has 0 N–H and O–H groups in total. The van der Waals surface area contributed by atoms with E-state index in [4.69, 9.17) is 4.42 Å². The highest BCUT2D eigenvalue weighted by Gasteiger charge is 2.16. The average molecular weight is 664 g/mol. The highest BCUT2D eigenvalue weighted by atomic mass is 16.3. The lowest BCUT2D eigenvalue weighted by atomic mass is 9.92. The van der Waals surface area contributed by atoms with E-state index in [1.54, 1.807) is 0 Å². The maximum absolute atomic E-state index is 13.8. The first-order chi connectivity index (χ1) is 25.7. The molecule has 0 aliphatic heterocycles. The minimum Gasteiger partial charge on any atom is -0.456 e. The van der Waals surface area contributed by atoms with Crippen LogP contribution in [-0.2, 0) is 0 Å². The molecule has 0 unspecified atom stereocenters. The Kier molecular flexibility index (Phi) is 6.11. The summed E-state index contributed by atoms with van der Waals surface area (Å²) < 4.78 is 8.21. The Labute approximate surface area is 298 Å². The van der Waals surface area contributed by atoms with Crippen molar-refractivity contribution < 1.29 is 4.42 Å². The molecule has 0 saturated heterocycles. The number of fused-ring (bicyclic) bond motifs is 12. The first kappa shape index (κ1) is 28.8. The molecule has 0 fully saturated rings. The molecule has 2 heterocycles. The first-order valence-corrected chi connectivity index (χ1v) is 17.6. The highest BCUT2D eigenvalue weighted by Crippen LogP contribution is 2.40. The number of furan rings is 1. The summed E-state index contributed by atoms with van der Waals surface area (Å²) in [5.74, 6) is 0. The van der Waals surface area contributed by atoms with Gasteiger partial charge in [-0.15, -0.1) is 0 Å². The average Bonchev–Trinajstić information content (AvgIpc) is 3.58. The van der Waals surface area contributed by atoms with Gasteiger partial charge in [-0.3, -0.25) is 9.36 Å². The second-order valence-electron chi connectivity index (χ2n) is 13.6. The Morgan fingerprint density at radius 3 is 1.31 bits per heavy atom. The monoisotopic (exact) mass is 663 g/mol. The van der Waals surface area contributed by atoms with Gasteiger partial charge in [-0.05, 0) is 121 Å². The molecule has 0 radical (unpaired) electrons. The summed E-state index contributed by atoms with van der Waals surface area (Å²) in [5.41, 5.74) is 7.94. The van der Waals surface area contributed by atoms with Crippen molar-refractivity contribution in [1.29, 1.82) is 0 Å². The number of hydrogen-bond donors (Lipinski definition) is 0. The first-order valence-electron chi connectivity index (χ1n) is 17.6. The summed E-state index contributed by atoms with van der Waals surface area (Å²) in [4.78, 5) is 13.8. The van der Waals surface area contributed by atoms with Crippen molar-refractivity contribution in [1.82, 2.24) is 4.57 Å². The van der Waals surface area contributed by atoms with Crippen LogP contribution in [0.3, 0.4) is 0 Å². The predicted molar refractivity (Wildman–Crippen MR) is 218 cm³/mol. The fraction of sp³-hybridized carbons (Fsp3) is 0. The molecular formula is C49H29NO2. The van der Waals surface area contributed by atoms with Gasteiger partial charge in [0.05, 0.1) is 5.52 Å². The molecule has 0 aliphatic rings. The number of hydrogen-bond acceptors (Lipinski definition) is 2. The molecule has 52 heavy (non-hydrogen) atoms. The lowest BCUT2D eigenvalue weighted by molar-refractivity contribution is 0.669. The van der Waals surface area contributed by atoms with Crippen LogP contribution in [-0.4, -0.2) is 4.57 Å². The van der Waals surface area contributed by atoms with Gasteiger partial charge in [0.1, 0.15) is 11.2 Å².